The Morgan fingerprint density at radius 2 is 2.04 bits per heavy atom. The normalized spacial score (nSPS) is 12.3. The fourth-order valence-corrected chi connectivity index (χ4v) is 3.31. The number of aromatic nitrogens is 1. The second-order valence-electron chi connectivity index (χ2n) is 5.74. The molecule has 5 nitrogen and oxygen atoms in total. The number of hydrogen-bond acceptors (Lipinski definition) is 4. The van der Waals surface area contributed by atoms with Crippen LogP contribution in [0.15, 0.2) is 29.3 Å². The summed E-state index contributed by atoms with van der Waals surface area (Å²) in [5.74, 6) is 1.44. The molecule has 0 aliphatic heterocycles. The lowest BCUT2D eigenvalue weighted by atomic mass is 10.3. The average molecular weight is 509 g/mol. The van der Waals surface area contributed by atoms with E-state index in [2.05, 4.69) is 27.5 Å². The fourth-order valence-electron chi connectivity index (χ4n) is 2.19. The van der Waals surface area contributed by atoms with E-state index in [0.29, 0.717) is 17.3 Å². The number of para-hydroxylation sites is 1. The summed E-state index contributed by atoms with van der Waals surface area (Å²) in [4.78, 5) is 10.1. The molecule has 0 saturated carbocycles. The minimum Gasteiger partial charge on any atom is -0.487 e. The number of benzene rings is 1. The molecule has 0 bridgehead atoms. The Morgan fingerprint density at radius 3 is 2.65 bits per heavy atom. The van der Waals surface area contributed by atoms with Gasteiger partial charge >= 0.3 is 0 Å². The summed E-state index contributed by atoms with van der Waals surface area (Å²) in [5, 5.41) is 8.33. The molecule has 2 N–H and O–H groups in total. The Balaban J connectivity index is 0.00000338. The molecular formula is C18H26ClIN4OS. The fraction of sp³-hybridized carbons (Fsp3) is 0.444. The number of ether oxygens (including phenoxy) is 1. The molecule has 8 heteroatoms. The molecule has 2 rings (SSSR count). The van der Waals surface area contributed by atoms with E-state index in [1.807, 2.05) is 38.1 Å². The van der Waals surface area contributed by atoms with Crippen LogP contribution in [0.25, 0.3) is 0 Å². The standard InChI is InChI=1S/C18H25ClN4OS.HI/c1-12(24-16-8-6-5-7-15(16)19)11-22-18(20-4)21-10-9-17-23-13(2)14(3)25-17;/h5-8,12H,9-11H2,1-4H3,(H2,20,21,22);1H. The molecule has 0 aliphatic rings. The Hall–Kier alpha value is -1.06. The van der Waals surface area contributed by atoms with Crippen LogP contribution in [0.5, 0.6) is 5.75 Å². The van der Waals surface area contributed by atoms with Crippen molar-refractivity contribution in [3.05, 3.63) is 44.9 Å². The number of rotatable bonds is 7. The molecule has 1 heterocycles. The molecule has 1 aromatic heterocycles. The van der Waals surface area contributed by atoms with E-state index < -0.39 is 0 Å². The van der Waals surface area contributed by atoms with Crippen molar-refractivity contribution in [2.75, 3.05) is 20.1 Å². The summed E-state index contributed by atoms with van der Waals surface area (Å²) >= 11 is 7.86. The van der Waals surface area contributed by atoms with Crippen molar-refractivity contribution >= 4 is 52.9 Å². The molecule has 0 amide bonds. The highest BCUT2D eigenvalue weighted by Gasteiger charge is 2.08. The molecular weight excluding hydrogens is 483 g/mol. The van der Waals surface area contributed by atoms with Crippen LogP contribution in [-0.4, -0.2) is 37.2 Å². The van der Waals surface area contributed by atoms with E-state index in [9.17, 15) is 0 Å². The first kappa shape index (κ1) is 23.0. The van der Waals surface area contributed by atoms with Gasteiger partial charge in [0.1, 0.15) is 11.9 Å². The van der Waals surface area contributed by atoms with E-state index >= 15 is 0 Å². The maximum Gasteiger partial charge on any atom is 0.191 e. The lowest BCUT2D eigenvalue weighted by molar-refractivity contribution is 0.224. The van der Waals surface area contributed by atoms with Gasteiger partial charge in [-0.1, -0.05) is 23.7 Å². The third-order valence-corrected chi connectivity index (χ3v) is 5.09. The third kappa shape index (κ3) is 7.28. The number of thiazole rings is 1. The molecule has 1 unspecified atom stereocenters. The highest BCUT2D eigenvalue weighted by Crippen LogP contribution is 2.24. The zero-order chi connectivity index (χ0) is 18.2. The summed E-state index contributed by atoms with van der Waals surface area (Å²) in [6.07, 6.45) is 0.842. The van der Waals surface area contributed by atoms with Gasteiger partial charge in [-0.05, 0) is 32.9 Å². The van der Waals surface area contributed by atoms with Gasteiger partial charge < -0.3 is 15.4 Å². The predicted molar refractivity (Wildman–Crippen MR) is 122 cm³/mol. The largest absolute Gasteiger partial charge is 0.487 e. The molecule has 0 radical (unpaired) electrons. The first-order valence-electron chi connectivity index (χ1n) is 8.28. The minimum atomic E-state index is -0.0392. The van der Waals surface area contributed by atoms with Crippen LogP contribution in [0.1, 0.15) is 22.5 Å². The lowest BCUT2D eigenvalue weighted by Gasteiger charge is -2.18. The van der Waals surface area contributed by atoms with Crippen molar-refractivity contribution in [3.63, 3.8) is 0 Å². The lowest BCUT2D eigenvalue weighted by Crippen LogP contribution is -2.42. The van der Waals surface area contributed by atoms with Crippen molar-refractivity contribution in [1.82, 2.24) is 15.6 Å². The Labute approximate surface area is 181 Å². The van der Waals surface area contributed by atoms with Crippen LogP contribution in [-0.2, 0) is 6.42 Å². The molecule has 144 valence electrons. The molecule has 1 atom stereocenters. The van der Waals surface area contributed by atoms with Gasteiger partial charge in [0.05, 0.1) is 22.3 Å². The quantitative estimate of drug-likeness (QED) is 0.334. The number of aliphatic imine (C=N–C) groups is 1. The number of halogens is 2. The molecule has 0 saturated heterocycles. The zero-order valence-electron chi connectivity index (χ0n) is 15.5. The maximum atomic E-state index is 6.11. The van der Waals surface area contributed by atoms with Crippen LogP contribution in [0.3, 0.4) is 0 Å². The second kappa shape index (κ2) is 11.6. The van der Waals surface area contributed by atoms with Crippen LogP contribution in [0.2, 0.25) is 5.02 Å². The van der Waals surface area contributed by atoms with Gasteiger partial charge in [0.15, 0.2) is 5.96 Å². The topological polar surface area (TPSA) is 58.5 Å². The van der Waals surface area contributed by atoms with Crippen molar-refractivity contribution < 1.29 is 4.74 Å². The summed E-state index contributed by atoms with van der Waals surface area (Å²) in [7, 11) is 1.76. The highest BCUT2D eigenvalue weighted by atomic mass is 127. The monoisotopic (exact) mass is 508 g/mol. The van der Waals surface area contributed by atoms with Gasteiger partial charge in [-0.3, -0.25) is 4.99 Å². The SMILES string of the molecule is CN=C(NCCc1nc(C)c(C)s1)NCC(C)Oc1ccccc1Cl.I. The van der Waals surface area contributed by atoms with E-state index in [0.717, 1.165) is 29.6 Å². The molecule has 26 heavy (non-hydrogen) atoms. The number of nitrogens with zero attached hydrogens (tertiary/aromatic N) is 2. The van der Waals surface area contributed by atoms with E-state index in [1.165, 1.54) is 4.88 Å². The summed E-state index contributed by atoms with van der Waals surface area (Å²) in [5.41, 5.74) is 1.12. The first-order valence-corrected chi connectivity index (χ1v) is 9.47. The zero-order valence-corrected chi connectivity index (χ0v) is 19.4. The van der Waals surface area contributed by atoms with Crippen molar-refractivity contribution in [1.29, 1.82) is 0 Å². The molecule has 0 aliphatic carbocycles. The Bertz CT molecular complexity index is 703. The van der Waals surface area contributed by atoms with Gasteiger partial charge in [-0.2, -0.15) is 0 Å². The number of nitrogens with one attached hydrogen (secondary N) is 2. The summed E-state index contributed by atoms with van der Waals surface area (Å²) in [6.45, 7) is 7.55. The van der Waals surface area contributed by atoms with Crippen LogP contribution < -0.4 is 15.4 Å². The van der Waals surface area contributed by atoms with Gasteiger partial charge in [-0.15, -0.1) is 35.3 Å². The van der Waals surface area contributed by atoms with E-state index in [-0.39, 0.29) is 30.1 Å². The van der Waals surface area contributed by atoms with Crippen LogP contribution in [0, 0.1) is 13.8 Å². The van der Waals surface area contributed by atoms with Gasteiger partial charge in [0.25, 0.3) is 0 Å². The number of aryl methyl sites for hydroxylation is 2. The highest BCUT2D eigenvalue weighted by molar-refractivity contribution is 14.0. The van der Waals surface area contributed by atoms with Crippen molar-refractivity contribution in [2.45, 2.75) is 33.3 Å². The van der Waals surface area contributed by atoms with Crippen LogP contribution >= 0.6 is 46.9 Å². The van der Waals surface area contributed by atoms with Crippen molar-refractivity contribution in [3.8, 4) is 5.75 Å². The smallest absolute Gasteiger partial charge is 0.191 e. The Morgan fingerprint density at radius 1 is 1.31 bits per heavy atom. The second-order valence-corrected chi connectivity index (χ2v) is 7.43. The molecule has 2 aromatic rings. The van der Waals surface area contributed by atoms with Crippen molar-refractivity contribution in [2.24, 2.45) is 4.99 Å². The van der Waals surface area contributed by atoms with Gasteiger partial charge in [-0.25, -0.2) is 4.98 Å². The number of guanidine groups is 1. The first-order chi connectivity index (χ1) is 12.0. The van der Waals surface area contributed by atoms with E-state index in [1.54, 1.807) is 18.4 Å². The predicted octanol–water partition coefficient (Wildman–Crippen LogP) is 4.21. The van der Waals surface area contributed by atoms with Gasteiger partial charge in [0.2, 0.25) is 0 Å². The summed E-state index contributed by atoms with van der Waals surface area (Å²) < 4.78 is 5.84. The minimum absolute atomic E-state index is 0. The Kier molecular flexibility index (Phi) is 10.3. The summed E-state index contributed by atoms with van der Waals surface area (Å²) in [6, 6.07) is 7.47. The average Bonchev–Trinajstić information content (AvgIpc) is 2.91. The third-order valence-electron chi connectivity index (χ3n) is 3.65. The maximum absolute atomic E-state index is 6.11. The molecule has 1 aromatic carbocycles. The molecule has 0 fully saturated rings. The molecule has 0 spiro atoms. The van der Waals surface area contributed by atoms with E-state index in [4.69, 9.17) is 16.3 Å². The number of hydrogen-bond donors (Lipinski definition) is 2. The van der Waals surface area contributed by atoms with Crippen LogP contribution in [0.4, 0.5) is 0 Å². The van der Waals surface area contributed by atoms with Gasteiger partial charge in [0, 0.05) is 24.9 Å².